The van der Waals surface area contributed by atoms with Crippen LogP contribution < -0.4 is 10.3 Å². The Morgan fingerprint density at radius 3 is 2.69 bits per heavy atom. The number of nitrogens with one attached hydrogen (secondary N) is 1. The number of ether oxygens (including phenoxy) is 1. The highest BCUT2D eigenvalue weighted by Crippen LogP contribution is 2.33. The number of aryl methyl sites for hydroxylation is 4. The van der Waals surface area contributed by atoms with E-state index in [-0.39, 0.29) is 11.5 Å². The van der Waals surface area contributed by atoms with Crippen LogP contribution in [0.5, 0.6) is 5.75 Å². The second kappa shape index (κ2) is 10.9. The maximum Gasteiger partial charge on any atom is 0.259 e. The number of carbonyl (C=O) groups is 1. The molecule has 1 saturated heterocycles. The smallest absolute Gasteiger partial charge is 0.259 e. The molecule has 1 N–H and O–H groups in total. The summed E-state index contributed by atoms with van der Waals surface area (Å²) in [7, 11) is 0. The largest absolute Gasteiger partial charge is 0.494 e. The fraction of sp³-hybridized carbons (Fsp3) is 0.536. The van der Waals surface area contributed by atoms with E-state index >= 15 is 0 Å². The second-order valence-electron chi connectivity index (χ2n) is 9.84. The van der Waals surface area contributed by atoms with Gasteiger partial charge in [-0.2, -0.15) is 0 Å². The summed E-state index contributed by atoms with van der Waals surface area (Å²) in [6, 6.07) is 8.41. The summed E-state index contributed by atoms with van der Waals surface area (Å²) in [6.45, 7) is 4.34. The molecule has 0 unspecified atom stereocenters. The normalized spacial score (nSPS) is 16.4. The second-order valence-corrected chi connectivity index (χ2v) is 10.9. The van der Waals surface area contributed by atoms with Gasteiger partial charge in [-0.25, -0.2) is 4.98 Å². The minimum Gasteiger partial charge on any atom is -0.494 e. The van der Waals surface area contributed by atoms with Crippen LogP contribution in [-0.2, 0) is 30.5 Å². The number of amides is 1. The Morgan fingerprint density at radius 2 is 1.91 bits per heavy atom. The lowest BCUT2D eigenvalue weighted by atomic mass is 9.90. The van der Waals surface area contributed by atoms with Crippen molar-refractivity contribution in [3.8, 4) is 5.75 Å². The highest BCUT2D eigenvalue weighted by atomic mass is 32.1. The Morgan fingerprint density at radius 1 is 1.14 bits per heavy atom. The number of benzene rings is 1. The van der Waals surface area contributed by atoms with Crippen LogP contribution >= 0.6 is 11.3 Å². The molecule has 3 heterocycles. The molecule has 0 spiro atoms. The molecule has 1 aliphatic heterocycles. The van der Waals surface area contributed by atoms with Crippen LogP contribution in [-0.4, -0.2) is 40.5 Å². The summed E-state index contributed by atoms with van der Waals surface area (Å²) in [4.78, 5) is 37.4. The molecular weight excluding hydrogens is 458 g/mol. The van der Waals surface area contributed by atoms with Crippen molar-refractivity contribution in [2.24, 2.45) is 5.92 Å². The highest BCUT2D eigenvalue weighted by Gasteiger charge is 2.23. The minimum absolute atomic E-state index is 0.0369. The number of rotatable bonds is 8. The van der Waals surface area contributed by atoms with Crippen LogP contribution in [0.2, 0.25) is 0 Å². The van der Waals surface area contributed by atoms with Crippen LogP contribution in [0.15, 0.2) is 29.1 Å². The summed E-state index contributed by atoms with van der Waals surface area (Å²) in [6.07, 6.45) is 9.61. The van der Waals surface area contributed by atoms with Gasteiger partial charge >= 0.3 is 0 Å². The summed E-state index contributed by atoms with van der Waals surface area (Å²) in [5.74, 6) is 2.40. The van der Waals surface area contributed by atoms with Crippen molar-refractivity contribution in [2.75, 3.05) is 19.7 Å². The molecule has 5 rings (SSSR count). The van der Waals surface area contributed by atoms with Crippen LogP contribution in [0.4, 0.5) is 0 Å². The Hall–Kier alpha value is -2.67. The van der Waals surface area contributed by atoms with Crippen molar-refractivity contribution >= 4 is 27.5 Å². The Bertz CT molecular complexity index is 1220. The van der Waals surface area contributed by atoms with Gasteiger partial charge in [0.2, 0.25) is 5.91 Å². The lowest BCUT2D eigenvalue weighted by Crippen LogP contribution is -2.38. The number of aromatic nitrogens is 2. The first-order valence-corrected chi connectivity index (χ1v) is 14.0. The van der Waals surface area contributed by atoms with Crippen molar-refractivity contribution in [1.82, 2.24) is 14.9 Å². The zero-order chi connectivity index (χ0) is 24.2. The number of fused-ring (bicyclic) bond motifs is 3. The zero-order valence-electron chi connectivity index (χ0n) is 20.6. The third kappa shape index (κ3) is 5.61. The SMILES string of the molecule is CCOc1ccc(CCC2CCN(C(=O)CCc3nc4sc5c(c4c(=O)[nH]3)CCCC5)CC2)cc1. The Balaban J connectivity index is 1.09. The quantitative estimate of drug-likeness (QED) is 0.476. The summed E-state index contributed by atoms with van der Waals surface area (Å²) in [5.41, 5.74) is 2.51. The molecule has 0 saturated carbocycles. The molecule has 186 valence electrons. The first-order chi connectivity index (χ1) is 17.1. The zero-order valence-corrected chi connectivity index (χ0v) is 21.4. The van der Waals surface area contributed by atoms with Gasteiger partial charge < -0.3 is 14.6 Å². The Kier molecular flexibility index (Phi) is 7.51. The molecule has 35 heavy (non-hydrogen) atoms. The number of thiophene rings is 1. The Labute approximate surface area is 210 Å². The van der Waals surface area contributed by atoms with Crippen LogP contribution in [0.1, 0.15) is 67.3 Å². The van der Waals surface area contributed by atoms with E-state index in [1.807, 2.05) is 24.0 Å². The molecule has 1 fully saturated rings. The average Bonchev–Trinajstić information content (AvgIpc) is 3.26. The molecular formula is C28H35N3O3S. The van der Waals surface area contributed by atoms with E-state index in [1.165, 1.54) is 22.4 Å². The van der Waals surface area contributed by atoms with Gasteiger partial charge in [0.25, 0.3) is 5.56 Å². The number of nitrogens with zero attached hydrogens (tertiary/aromatic N) is 2. The predicted molar refractivity (Wildman–Crippen MR) is 140 cm³/mol. The summed E-state index contributed by atoms with van der Waals surface area (Å²) < 4.78 is 5.52. The molecule has 3 aromatic rings. The van der Waals surface area contributed by atoms with Gasteiger partial charge in [-0.3, -0.25) is 9.59 Å². The minimum atomic E-state index is -0.0369. The summed E-state index contributed by atoms with van der Waals surface area (Å²) in [5, 5.41) is 0.784. The molecule has 1 aliphatic carbocycles. The lowest BCUT2D eigenvalue weighted by molar-refractivity contribution is -0.132. The molecule has 0 bridgehead atoms. The van der Waals surface area contributed by atoms with E-state index in [4.69, 9.17) is 9.72 Å². The molecule has 6 nitrogen and oxygen atoms in total. The predicted octanol–water partition coefficient (Wildman–Crippen LogP) is 5.07. The maximum atomic E-state index is 12.8. The topological polar surface area (TPSA) is 75.3 Å². The standard InChI is InChI=1S/C28H35N3O3S/c1-2-34-21-11-9-19(10-12-21)7-8-20-15-17-31(18-16-20)25(32)14-13-24-29-27(33)26-22-5-3-4-6-23(22)35-28(26)30-24/h9-12,20H,2-8,13-18H2,1H3,(H,29,30,33). The number of carbonyl (C=O) groups excluding carboxylic acids is 1. The molecule has 0 radical (unpaired) electrons. The van der Waals surface area contributed by atoms with Crippen molar-refractivity contribution in [3.05, 3.63) is 56.4 Å². The van der Waals surface area contributed by atoms with Gasteiger partial charge in [0.05, 0.1) is 12.0 Å². The molecule has 1 aromatic carbocycles. The molecule has 2 aliphatic rings. The third-order valence-corrected chi connectivity index (χ3v) is 8.68. The van der Waals surface area contributed by atoms with Crippen molar-refractivity contribution in [1.29, 1.82) is 0 Å². The van der Waals surface area contributed by atoms with Gasteiger partial charge in [0.15, 0.2) is 0 Å². The average molecular weight is 494 g/mol. The van der Waals surface area contributed by atoms with Gasteiger partial charge in [0, 0.05) is 30.8 Å². The van der Waals surface area contributed by atoms with Gasteiger partial charge in [-0.1, -0.05) is 12.1 Å². The van der Waals surface area contributed by atoms with Gasteiger partial charge in [0.1, 0.15) is 16.4 Å². The number of H-pyrrole nitrogens is 1. The van der Waals surface area contributed by atoms with E-state index < -0.39 is 0 Å². The molecule has 7 heteroatoms. The maximum absolute atomic E-state index is 12.8. The van der Waals surface area contributed by atoms with Crippen molar-refractivity contribution in [2.45, 2.75) is 71.1 Å². The van der Waals surface area contributed by atoms with Gasteiger partial charge in [-0.15, -0.1) is 11.3 Å². The molecule has 2 aromatic heterocycles. The van der Waals surface area contributed by atoms with Crippen molar-refractivity contribution < 1.29 is 9.53 Å². The highest BCUT2D eigenvalue weighted by molar-refractivity contribution is 7.18. The van der Waals surface area contributed by atoms with Crippen molar-refractivity contribution in [3.63, 3.8) is 0 Å². The third-order valence-electron chi connectivity index (χ3n) is 7.49. The number of aromatic amines is 1. The molecule has 0 atom stereocenters. The van der Waals surface area contributed by atoms with E-state index in [9.17, 15) is 9.59 Å². The number of hydrogen-bond donors (Lipinski definition) is 1. The van der Waals surface area contributed by atoms with E-state index in [0.29, 0.717) is 31.2 Å². The monoisotopic (exact) mass is 493 g/mol. The van der Waals surface area contributed by atoms with Crippen LogP contribution in [0.3, 0.4) is 0 Å². The van der Waals surface area contributed by atoms with Crippen LogP contribution in [0.25, 0.3) is 10.2 Å². The van der Waals surface area contributed by atoms with E-state index in [0.717, 1.165) is 74.0 Å². The number of piperidine rings is 1. The van der Waals surface area contributed by atoms with E-state index in [2.05, 4.69) is 17.1 Å². The first-order valence-electron chi connectivity index (χ1n) is 13.1. The fourth-order valence-corrected chi connectivity index (χ4v) is 6.75. The fourth-order valence-electron chi connectivity index (χ4n) is 5.47. The number of likely N-dealkylation sites (tertiary alicyclic amines) is 1. The van der Waals surface area contributed by atoms with Gasteiger partial charge in [-0.05, 0) is 87.5 Å². The van der Waals surface area contributed by atoms with Crippen LogP contribution in [0, 0.1) is 5.92 Å². The summed E-state index contributed by atoms with van der Waals surface area (Å²) >= 11 is 1.66. The number of hydrogen-bond acceptors (Lipinski definition) is 5. The van der Waals surface area contributed by atoms with E-state index in [1.54, 1.807) is 11.3 Å². The molecule has 1 amide bonds. The first kappa shape index (κ1) is 24.0. The lowest BCUT2D eigenvalue weighted by Gasteiger charge is -2.32.